The van der Waals surface area contributed by atoms with E-state index in [1.165, 1.54) is 17.6 Å². The van der Waals surface area contributed by atoms with Crippen LogP contribution in [0, 0.1) is 0 Å². The molecule has 0 amide bonds. The predicted molar refractivity (Wildman–Crippen MR) is 43.2 cm³/mol. The van der Waals surface area contributed by atoms with Crippen LogP contribution in [0.5, 0.6) is 0 Å². The Balaban J connectivity index is 2.02. The summed E-state index contributed by atoms with van der Waals surface area (Å²) >= 11 is 0. The lowest BCUT2D eigenvalue weighted by Gasteiger charge is -2.22. The molecule has 0 spiro atoms. The highest BCUT2D eigenvalue weighted by atomic mass is 16.5. The van der Waals surface area contributed by atoms with Crippen molar-refractivity contribution < 1.29 is 4.74 Å². The van der Waals surface area contributed by atoms with Crippen LogP contribution in [0.3, 0.4) is 0 Å². The lowest BCUT2D eigenvalue weighted by Crippen LogP contribution is -2.19. The molecule has 1 aliphatic heterocycles. The number of allylic oxidation sites excluding steroid dienone is 2. The Bertz CT molecular complexity index is 280. The van der Waals surface area contributed by atoms with Gasteiger partial charge in [-0.15, -0.1) is 0 Å². The fourth-order valence-electron chi connectivity index (χ4n) is 1.75. The van der Waals surface area contributed by atoms with E-state index < -0.39 is 0 Å². The summed E-state index contributed by atoms with van der Waals surface area (Å²) in [7, 11) is 0. The van der Waals surface area contributed by atoms with E-state index in [-0.39, 0.29) is 0 Å². The Labute approximate surface area is 66.1 Å². The minimum Gasteiger partial charge on any atom is -0.365 e. The SMILES string of the molecule is C1=CCC2OC3CC3=CC2=C1. The Morgan fingerprint density at radius 1 is 1.36 bits per heavy atom. The molecule has 0 aromatic carbocycles. The third-order valence-electron chi connectivity index (χ3n) is 2.50. The predicted octanol–water partition coefficient (Wildman–Crippen LogP) is 1.97. The number of fused-ring (bicyclic) bond motifs is 2. The molecular formula is C10H10O. The first-order valence-electron chi connectivity index (χ1n) is 4.16. The molecule has 0 bridgehead atoms. The van der Waals surface area contributed by atoms with Gasteiger partial charge in [0, 0.05) is 6.42 Å². The van der Waals surface area contributed by atoms with Gasteiger partial charge >= 0.3 is 0 Å². The van der Waals surface area contributed by atoms with Crippen molar-refractivity contribution in [1.29, 1.82) is 0 Å². The van der Waals surface area contributed by atoms with Crippen molar-refractivity contribution in [1.82, 2.24) is 0 Å². The van der Waals surface area contributed by atoms with Gasteiger partial charge in [0.25, 0.3) is 0 Å². The molecule has 11 heavy (non-hydrogen) atoms. The maximum atomic E-state index is 5.78. The van der Waals surface area contributed by atoms with Crippen molar-refractivity contribution in [2.24, 2.45) is 0 Å². The molecule has 0 N–H and O–H groups in total. The molecule has 1 nitrogen and oxygen atoms in total. The van der Waals surface area contributed by atoms with E-state index in [0.29, 0.717) is 12.2 Å². The van der Waals surface area contributed by atoms with Crippen LogP contribution in [0.4, 0.5) is 0 Å². The van der Waals surface area contributed by atoms with E-state index in [1.54, 1.807) is 0 Å². The van der Waals surface area contributed by atoms with Crippen molar-refractivity contribution in [2.75, 3.05) is 0 Å². The molecule has 1 saturated carbocycles. The summed E-state index contributed by atoms with van der Waals surface area (Å²) in [5, 5.41) is 0. The summed E-state index contributed by atoms with van der Waals surface area (Å²) in [4.78, 5) is 0. The van der Waals surface area contributed by atoms with E-state index >= 15 is 0 Å². The Morgan fingerprint density at radius 2 is 2.36 bits per heavy atom. The maximum Gasteiger partial charge on any atom is 0.0867 e. The van der Waals surface area contributed by atoms with Gasteiger partial charge in [-0.2, -0.15) is 0 Å². The van der Waals surface area contributed by atoms with E-state index in [9.17, 15) is 0 Å². The fourth-order valence-corrected chi connectivity index (χ4v) is 1.75. The molecule has 56 valence electrons. The molecule has 2 unspecified atom stereocenters. The van der Waals surface area contributed by atoms with Crippen molar-refractivity contribution in [2.45, 2.75) is 25.0 Å². The average Bonchev–Trinajstić information content (AvgIpc) is 2.77. The number of ether oxygens (including phenoxy) is 1. The van der Waals surface area contributed by atoms with E-state index in [2.05, 4.69) is 24.3 Å². The molecule has 0 aromatic rings. The highest BCUT2D eigenvalue weighted by Crippen LogP contribution is 2.41. The van der Waals surface area contributed by atoms with E-state index in [1.807, 2.05) is 0 Å². The van der Waals surface area contributed by atoms with Gasteiger partial charge in [-0.3, -0.25) is 0 Å². The van der Waals surface area contributed by atoms with Crippen LogP contribution in [0.2, 0.25) is 0 Å². The minimum atomic E-state index is 0.372. The van der Waals surface area contributed by atoms with Gasteiger partial charge in [-0.05, 0) is 17.6 Å². The highest BCUT2D eigenvalue weighted by Gasteiger charge is 2.38. The van der Waals surface area contributed by atoms with E-state index in [4.69, 9.17) is 4.74 Å². The molecule has 1 heteroatoms. The van der Waals surface area contributed by atoms with E-state index in [0.717, 1.165) is 6.42 Å². The van der Waals surface area contributed by atoms with Crippen molar-refractivity contribution in [3.8, 4) is 0 Å². The largest absolute Gasteiger partial charge is 0.365 e. The van der Waals surface area contributed by atoms with Crippen LogP contribution in [-0.2, 0) is 4.74 Å². The van der Waals surface area contributed by atoms with Crippen LogP contribution < -0.4 is 0 Å². The quantitative estimate of drug-likeness (QED) is 0.507. The number of hydrogen-bond acceptors (Lipinski definition) is 1. The maximum absolute atomic E-state index is 5.78. The lowest BCUT2D eigenvalue weighted by atomic mass is 10.00. The number of rotatable bonds is 0. The third-order valence-corrected chi connectivity index (χ3v) is 2.50. The van der Waals surface area contributed by atoms with Crippen LogP contribution in [0.15, 0.2) is 35.5 Å². The highest BCUT2D eigenvalue weighted by molar-refractivity contribution is 5.43. The van der Waals surface area contributed by atoms with Crippen molar-refractivity contribution >= 4 is 0 Å². The minimum absolute atomic E-state index is 0.372. The molecule has 0 aromatic heterocycles. The van der Waals surface area contributed by atoms with Gasteiger partial charge in [0.15, 0.2) is 0 Å². The fraction of sp³-hybridized carbons (Fsp3) is 0.400. The summed E-state index contributed by atoms with van der Waals surface area (Å²) in [6.07, 6.45) is 11.9. The molecular weight excluding hydrogens is 136 g/mol. The average molecular weight is 146 g/mol. The van der Waals surface area contributed by atoms with Gasteiger partial charge < -0.3 is 4.74 Å². The Hall–Kier alpha value is -0.820. The molecule has 0 saturated heterocycles. The van der Waals surface area contributed by atoms with Crippen LogP contribution in [0.25, 0.3) is 0 Å². The summed E-state index contributed by atoms with van der Waals surface area (Å²) in [6.45, 7) is 0. The smallest absolute Gasteiger partial charge is 0.0867 e. The topological polar surface area (TPSA) is 9.23 Å². The second kappa shape index (κ2) is 1.86. The molecule has 3 rings (SSSR count). The van der Waals surface area contributed by atoms with Crippen molar-refractivity contribution in [3.63, 3.8) is 0 Å². The van der Waals surface area contributed by atoms with Crippen LogP contribution in [-0.4, -0.2) is 12.2 Å². The first kappa shape index (κ1) is 5.78. The molecule has 1 heterocycles. The zero-order valence-corrected chi connectivity index (χ0v) is 6.29. The normalized spacial score (nSPS) is 38.5. The van der Waals surface area contributed by atoms with Crippen molar-refractivity contribution in [3.05, 3.63) is 35.5 Å². The summed E-state index contributed by atoms with van der Waals surface area (Å²) in [6, 6.07) is 0. The standard InChI is InChI=1S/C10H10O/c1-2-4-9-7(3-1)5-8-6-10(8)11-9/h1-3,5,9-10H,4,6H2. The monoisotopic (exact) mass is 146 g/mol. The molecule has 0 radical (unpaired) electrons. The zero-order valence-electron chi connectivity index (χ0n) is 6.29. The first-order valence-corrected chi connectivity index (χ1v) is 4.16. The van der Waals surface area contributed by atoms with Gasteiger partial charge in [0.05, 0.1) is 12.2 Å². The Morgan fingerprint density at radius 3 is 3.36 bits per heavy atom. The molecule has 2 aliphatic carbocycles. The second-order valence-electron chi connectivity index (χ2n) is 3.37. The first-order chi connectivity index (χ1) is 5.43. The lowest BCUT2D eigenvalue weighted by molar-refractivity contribution is 0.0696. The Kier molecular flexibility index (Phi) is 0.977. The summed E-state index contributed by atoms with van der Waals surface area (Å²) in [5.74, 6) is 0. The molecule has 3 aliphatic rings. The second-order valence-corrected chi connectivity index (χ2v) is 3.37. The third kappa shape index (κ3) is 0.809. The van der Waals surface area contributed by atoms with Gasteiger partial charge in [-0.25, -0.2) is 0 Å². The molecule has 2 atom stereocenters. The zero-order chi connectivity index (χ0) is 7.26. The molecule has 1 fully saturated rings. The van der Waals surface area contributed by atoms with Gasteiger partial charge in [0.2, 0.25) is 0 Å². The summed E-state index contributed by atoms with van der Waals surface area (Å²) < 4.78 is 5.78. The number of hydrogen-bond donors (Lipinski definition) is 0. The van der Waals surface area contributed by atoms with Gasteiger partial charge in [0.1, 0.15) is 0 Å². The van der Waals surface area contributed by atoms with Crippen LogP contribution >= 0.6 is 0 Å². The van der Waals surface area contributed by atoms with Gasteiger partial charge in [-0.1, -0.05) is 24.3 Å². The summed E-state index contributed by atoms with van der Waals surface area (Å²) in [5.41, 5.74) is 2.86. The van der Waals surface area contributed by atoms with Crippen LogP contribution in [0.1, 0.15) is 12.8 Å².